The Morgan fingerprint density at radius 2 is 1.77 bits per heavy atom. The maximum absolute atomic E-state index is 14.8. The number of likely N-dealkylation sites (N-methyl/N-ethyl adjacent to an activating group) is 1. The molecule has 4 fully saturated rings. The fourth-order valence-electron chi connectivity index (χ4n) is 11.8. The largest absolute Gasteiger partial charge is 0.508 e. The van der Waals surface area contributed by atoms with Crippen molar-refractivity contribution in [2.24, 2.45) is 17.3 Å². The number of aryl methyl sites for hydroxylation is 1. The first-order valence-electron chi connectivity index (χ1n) is 25.3. The molecule has 0 saturated carbocycles. The van der Waals surface area contributed by atoms with Crippen molar-refractivity contribution in [3.05, 3.63) is 71.5 Å². The number of rotatable bonds is 10. The predicted octanol–water partition coefficient (Wildman–Crippen LogP) is 5.68. The molecule has 0 radical (unpaired) electrons. The van der Waals surface area contributed by atoms with Crippen LogP contribution in [0.4, 0.5) is 0 Å². The van der Waals surface area contributed by atoms with Crippen LogP contribution < -0.4 is 16.1 Å². The zero-order valence-electron chi connectivity index (χ0n) is 41.9. The molecule has 8 atom stereocenters. The molecule has 7 heterocycles. The summed E-state index contributed by atoms with van der Waals surface area (Å²) in [4.78, 5) is 79.4. The SMILES string of the molecule is CCn1c(-c2cccnc2[C@H](C)OC)c2c3cc(ccc31)-c1cc(O)cc(c1)C[C@H](NC(=O)[C@H](C(C)C)N(C)C(=O)C1C[C@H]3CC[C@@H](C1)N3C(=O)[C@H]1CN1)C(=O)N1CCC[C@H](N1)C(=O)OCC(C)(C)C2. The highest BCUT2D eigenvalue weighted by atomic mass is 16.5. The van der Waals surface area contributed by atoms with E-state index in [1.54, 1.807) is 32.5 Å². The number of cyclic esters (lactones) is 1. The van der Waals surface area contributed by atoms with Gasteiger partial charge in [-0.05, 0) is 123 Å². The van der Waals surface area contributed by atoms with E-state index in [2.05, 4.69) is 59.6 Å². The molecule has 8 bridgehead atoms. The minimum absolute atomic E-state index is 0.000609. The average molecular weight is 959 g/mol. The Morgan fingerprint density at radius 3 is 2.46 bits per heavy atom. The lowest BCUT2D eigenvalue weighted by atomic mass is 9.84. The number of nitrogens with zero attached hydrogens (tertiary/aromatic N) is 5. The van der Waals surface area contributed by atoms with Crippen LogP contribution in [0.15, 0.2) is 54.7 Å². The number of ether oxygens (including phenoxy) is 2. The first kappa shape index (κ1) is 49.2. The number of nitrogens with one attached hydrogen (secondary N) is 3. The van der Waals surface area contributed by atoms with Crippen molar-refractivity contribution in [2.45, 2.75) is 142 Å². The summed E-state index contributed by atoms with van der Waals surface area (Å²) in [5.41, 5.74) is 9.64. The van der Waals surface area contributed by atoms with Gasteiger partial charge in [0.15, 0.2) is 0 Å². The lowest BCUT2D eigenvalue weighted by Crippen LogP contribution is -2.62. The molecule has 4 N–H and O–H groups in total. The van der Waals surface area contributed by atoms with E-state index in [0.29, 0.717) is 50.8 Å². The topological polar surface area (TPSA) is 198 Å². The van der Waals surface area contributed by atoms with Crippen LogP contribution in [-0.4, -0.2) is 129 Å². The van der Waals surface area contributed by atoms with Crippen LogP contribution in [0.2, 0.25) is 0 Å². The predicted molar refractivity (Wildman–Crippen MR) is 265 cm³/mol. The van der Waals surface area contributed by atoms with Crippen LogP contribution in [-0.2, 0) is 52.8 Å². The van der Waals surface area contributed by atoms with Crippen LogP contribution in [0.1, 0.15) is 103 Å². The van der Waals surface area contributed by atoms with Gasteiger partial charge in [-0.25, -0.2) is 5.43 Å². The van der Waals surface area contributed by atoms with Gasteiger partial charge in [-0.2, -0.15) is 0 Å². The van der Waals surface area contributed by atoms with Gasteiger partial charge in [0, 0.05) is 86.3 Å². The van der Waals surface area contributed by atoms with Gasteiger partial charge in [-0.3, -0.25) is 34.0 Å². The Kier molecular flexibility index (Phi) is 13.9. The van der Waals surface area contributed by atoms with Gasteiger partial charge in [-0.1, -0.05) is 39.8 Å². The molecule has 70 heavy (non-hydrogen) atoms. The lowest BCUT2D eigenvalue weighted by Gasteiger charge is -2.41. The molecule has 16 heteroatoms. The van der Waals surface area contributed by atoms with Gasteiger partial charge in [0.2, 0.25) is 17.7 Å². The molecular formula is C54H70N8O8. The molecule has 4 aromatic rings. The number of methoxy groups -OCH3 is 1. The number of carbonyl (C=O) groups is 5. The molecule has 1 unspecified atom stereocenters. The number of aromatic hydroxyl groups is 1. The van der Waals surface area contributed by atoms with Crippen LogP contribution in [0.25, 0.3) is 33.3 Å². The van der Waals surface area contributed by atoms with Crippen molar-refractivity contribution in [3.63, 3.8) is 0 Å². The van der Waals surface area contributed by atoms with Crippen LogP contribution in [0.3, 0.4) is 0 Å². The van der Waals surface area contributed by atoms with Crippen molar-refractivity contribution in [1.82, 2.24) is 40.4 Å². The molecule has 4 amide bonds. The van der Waals surface area contributed by atoms with E-state index >= 15 is 0 Å². The van der Waals surface area contributed by atoms with Gasteiger partial charge in [-0.15, -0.1) is 0 Å². The second-order valence-corrected chi connectivity index (χ2v) is 21.4. The fourth-order valence-corrected chi connectivity index (χ4v) is 11.8. The molecule has 2 aromatic heterocycles. The summed E-state index contributed by atoms with van der Waals surface area (Å²) < 4.78 is 14.3. The van der Waals surface area contributed by atoms with Gasteiger partial charge >= 0.3 is 5.97 Å². The smallest absolute Gasteiger partial charge is 0.324 e. The maximum atomic E-state index is 14.8. The minimum atomic E-state index is -1.15. The lowest BCUT2D eigenvalue weighted by molar-refractivity contribution is -0.155. The minimum Gasteiger partial charge on any atom is -0.508 e. The second-order valence-electron chi connectivity index (χ2n) is 21.4. The van der Waals surface area contributed by atoms with Crippen molar-refractivity contribution in [2.75, 3.05) is 33.9 Å². The highest BCUT2D eigenvalue weighted by Gasteiger charge is 2.49. The number of hydrogen-bond donors (Lipinski definition) is 4. The molecular weight excluding hydrogens is 889 g/mol. The van der Waals surface area contributed by atoms with Crippen LogP contribution in [0.5, 0.6) is 5.75 Å². The molecule has 16 nitrogen and oxygen atoms in total. The average Bonchev–Trinajstić information content (AvgIpc) is 4.11. The van der Waals surface area contributed by atoms with E-state index in [9.17, 15) is 29.1 Å². The van der Waals surface area contributed by atoms with Crippen molar-refractivity contribution >= 4 is 40.5 Å². The van der Waals surface area contributed by atoms with E-state index in [1.165, 1.54) is 9.91 Å². The Labute approximate surface area is 410 Å². The first-order chi connectivity index (χ1) is 33.5. The molecule has 4 saturated heterocycles. The van der Waals surface area contributed by atoms with E-state index in [-0.39, 0.29) is 73.2 Å². The number of aromatic nitrogens is 2. The second kappa shape index (κ2) is 19.7. The van der Waals surface area contributed by atoms with Gasteiger partial charge in [0.1, 0.15) is 23.9 Å². The fraction of sp³-hybridized carbons (Fsp3) is 0.556. The summed E-state index contributed by atoms with van der Waals surface area (Å²) in [7, 11) is 3.34. The molecule has 5 aliphatic heterocycles. The number of phenols is 1. The third-order valence-electron chi connectivity index (χ3n) is 15.4. The number of amides is 4. The third kappa shape index (κ3) is 9.66. The Hall–Kier alpha value is -5.84. The summed E-state index contributed by atoms with van der Waals surface area (Å²) in [5, 5.41) is 20.0. The van der Waals surface area contributed by atoms with Gasteiger partial charge in [0.05, 0.1) is 30.1 Å². The highest BCUT2D eigenvalue weighted by molar-refractivity contribution is 5.96. The van der Waals surface area contributed by atoms with Crippen molar-refractivity contribution in [3.8, 4) is 28.1 Å². The summed E-state index contributed by atoms with van der Waals surface area (Å²) in [6.45, 7) is 13.8. The zero-order valence-corrected chi connectivity index (χ0v) is 41.9. The van der Waals surface area contributed by atoms with Crippen LogP contribution in [0, 0.1) is 17.3 Å². The quantitative estimate of drug-likeness (QED) is 0.113. The highest BCUT2D eigenvalue weighted by Crippen LogP contribution is 2.43. The summed E-state index contributed by atoms with van der Waals surface area (Å²) in [6.07, 6.45) is 5.83. The van der Waals surface area contributed by atoms with E-state index in [1.807, 2.05) is 43.9 Å². The maximum Gasteiger partial charge on any atom is 0.324 e. The van der Waals surface area contributed by atoms with Gasteiger partial charge < -0.3 is 39.6 Å². The van der Waals surface area contributed by atoms with Crippen LogP contribution >= 0.6 is 0 Å². The first-order valence-corrected chi connectivity index (χ1v) is 25.3. The number of carbonyl (C=O) groups excluding carboxylic acids is 5. The van der Waals surface area contributed by atoms with Crippen molar-refractivity contribution < 1.29 is 38.6 Å². The molecule has 5 aliphatic rings. The number of pyridine rings is 1. The molecule has 374 valence electrons. The van der Waals surface area contributed by atoms with E-state index in [4.69, 9.17) is 14.5 Å². The normalized spacial score (nSPS) is 25.3. The Bertz CT molecular complexity index is 2660. The molecule has 9 rings (SSSR count). The number of piperidine rings is 1. The molecule has 2 aromatic carbocycles. The number of fused-ring (bicyclic) bond motifs is 8. The number of esters is 1. The third-order valence-corrected chi connectivity index (χ3v) is 15.4. The molecule has 0 aliphatic carbocycles. The van der Waals surface area contributed by atoms with E-state index in [0.717, 1.165) is 57.4 Å². The zero-order chi connectivity index (χ0) is 49.8. The molecule has 0 spiro atoms. The Balaban J connectivity index is 1.07. The summed E-state index contributed by atoms with van der Waals surface area (Å²) in [5.74, 6) is -2.10. The van der Waals surface area contributed by atoms with Gasteiger partial charge in [0.25, 0.3) is 5.91 Å². The van der Waals surface area contributed by atoms with E-state index < -0.39 is 41.3 Å². The summed E-state index contributed by atoms with van der Waals surface area (Å²) in [6, 6.07) is 12.5. The number of hydrogen-bond acceptors (Lipinski definition) is 11. The number of hydrazine groups is 1. The number of phenolic OH excluding ortho intramolecular Hbond substituents is 1. The Morgan fingerprint density at radius 1 is 1.03 bits per heavy atom. The van der Waals surface area contributed by atoms with Crippen molar-refractivity contribution in [1.29, 1.82) is 0 Å². The monoisotopic (exact) mass is 959 g/mol. The summed E-state index contributed by atoms with van der Waals surface area (Å²) >= 11 is 0. The number of benzene rings is 2. The standard InChI is InChI=1S/C54H70N8O8/c1-9-60-45-17-14-33-26-40(45)41(48(60)39-12-10-18-55-46(39)31(4)69-8)27-54(5,6)29-70-53(68)42-13-11-19-61(58-42)51(66)43(22-32-20-34(33)25-38(63)21-32)57-49(64)47(30(2)3)59(7)50(65)35-23-36-15-16-37(24-35)62(36)52(67)44-28-56-44/h10,12,14,17-18,20-21,25-26,30-31,35-37,42-44,47,56,58,63H,9,11,13,15-16,19,22-24,27-29H2,1-8H3,(H,57,64)/t31-,35?,36-,37+,42-,43-,44+,47-/m0/s1.